The van der Waals surface area contributed by atoms with Crippen LogP contribution in [0.3, 0.4) is 0 Å². The first-order chi connectivity index (χ1) is 7.31. The molecule has 0 saturated carbocycles. The van der Waals surface area contributed by atoms with Gasteiger partial charge in [-0.05, 0) is 25.3 Å². The van der Waals surface area contributed by atoms with Gasteiger partial charge in [-0.25, -0.2) is 9.18 Å². The van der Waals surface area contributed by atoms with Crippen LogP contribution in [0.2, 0.25) is 0 Å². The standard InChI is InChI=1S/C11H18FNO3/c1-5-7(4)9(11(15)16)13-10(14)8(12)6(2)3/h7,9H,5H2,1-4H3,(H,13,14)(H,15,16)/t7-,9-/m0/s1. The molecule has 0 heterocycles. The fourth-order valence-corrected chi connectivity index (χ4v) is 1.11. The van der Waals surface area contributed by atoms with E-state index in [-0.39, 0.29) is 11.5 Å². The Labute approximate surface area is 94.5 Å². The maximum atomic E-state index is 13.2. The Hall–Kier alpha value is -1.39. The van der Waals surface area contributed by atoms with Gasteiger partial charge in [0, 0.05) is 0 Å². The number of carbonyl (C=O) groups excluding carboxylic acids is 1. The van der Waals surface area contributed by atoms with Gasteiger partial charge >= 0.3 is 5.97 Å². The Morgan fingerprint density at radius 1 is 1.38 bits per heavy atom. The number of aliphatic carboxylic acids is 1. The van der Waals surface area contributed by atoms with Crippen molar-refractivity contribution in [3.05, 3.63) is 11.4 Å². The van der Waals surface area contributed by atoms with Crippen LogP contribution in [0.15, 0.2) is 11.4 Å². The van der Waals surface area contributed by atoms with E-state index in [1.807, 2.05) is 6.92 Å². The number of nitrogens with one attached hydrogen (secondary N) is 1. The van der Waals surface area contributed by atoms with Crippen LogP contribution < -0.4 is 5.32 Å². The van der Waals surface area contributed by atoms with Gasteiger partial charge in [-0.2, -0.15) is 0 Å². The quantitative estimate of drug-likeness (QED) is 0.710. The van der Waals surface area contributed by atoms with Crippen molar-refractivity contribution in [2.45, 2.75) is 40.2 Å². The number of rotatable bonds is 5. The molecular formula is C11H18FNO3. The topological polar surface area (TPSA) is 66.4 Å². The molecule has 0 aromatic carbocycles. The minimum atomic E-state index is -1.15. The number of carbonyl (C=O) groups is 2. The fraction of sp³-hybridized carbons (Fsp3) is 0.636. The molecule has 0 aliphatic carbocycles. The van der Waals surface area contributed by atoms with Crippen molar-refractivity contribution in [3.8, 4) is 0 Å². The third kappa shape index (κ3) is 4.00. The van der Waals surface area contributed by atoms with E-state index in [4.69, 9.17) is 5.11 Å². The summed E-state index contributed by atoms with van der Waals surface area (Å²) in [6, 6.07) is -1.05. The molecule has 2 N–H and O–H groups in total. The van der Waals surface area contributed by atoms with Crippen LogP contribution in [0, 0.1) is 5.92 Å². The van der Waals surface area contributed by atoms with Gasteiger partial charge in [0.15, 0.2) is 5.83 Å². The molecule has 0 saturated heterocycles. The lowest BCUT2D eigenvalue weighted by atomic mass is 9.99. The van der Waals surface area contributed by atoms with Crippen molar-refractivity contribution in [2.75, 3.05) is 0 Å². The number of halogens is 1. The third-order valence-corrected chi connectivity index (χ3v) is 2.40. The average Bonchev–Trinajstić information content (AvgIpc) is 2.22. The van der Waals surface area contributed by atoms with E-state index >= 15 is 0 Å². The molecule has 2 atom stereocenters. The highest BCUT2D eigenvalue weighted by atomic mass is 19.1. The van der Waals surface area contributed by atoms with E-state index in [0.717, 1.165) is 0 Å². The molecule has 0 unspecified atom stereocenters. The van der Waals surface area contributed by atoms with Crippen molar-refractivity contribution in [1.29, 1.82) is 0 Å². The second-order valence-corrected chi connectivity index (χ2v) is 3.99. The number of carboxylic acids is 1. The molecule has 0 aliphatic rings. The molecule has 16 heavy (non-hydrogen) atoms. The molecule has 1 amide bonds. The third-order valence-electron chi connectivity index (χ3n) is 2.40. The summed E-state index contributed by atoms with van der Waals surface area (Å²) >= 11 is 0. The number of hydrogen-bond donors (Lipinski definition) is 2. The minimum Gasteiger partial charge on any atom is -0.480 e. The van der Waals surface area contributed by atoms with Crippen LogP contribution in [0.25, 0.3) is 0 Å². The highest BCUT2D eigenvalue weighted by molar-refractivity contribution is 5.94. The molecule has 92 valence electrons. The highest BCUT2D eigenvalue weighted by Gasteiger charge is 2.26. The lowest BCUT2D eigenvalue weighted by molar-refractivity contribution is -0.143. The van der Waals surface area contributed by atoms with Gasteiger partial charge < -0.3 is 10.4 Å². The summed E-state index contributed by atoms with van der Waals surface area (Å²) in [4.78, 5) is 22.2. The van der Waals surface area contributed by atoms with E-state index < -0.39 is 23.7 Å². The van der Waals surface area contributed by atoms with Gasteiger partial charge in [0.2, 0.25) is 0 Å². The van der Waals surface area contributed by atoms with E-state index in [0.29, 0.717) is 6.42 Å². The second kappa shape index (κ2) is 6.25. The molecule has 5 heteroatoms. The van der Waals surface area contributed by atoms with Crippen molar-refractivity contribution >= 4 is 11.9 Å². The summed E-state index contributed by atoms with van der Waals surface area (Å²) in [5.41, 5.74) is 0.228. The van der Waals surface area contributed by atoms with Crippen molar-refractivity contribution in [1.82, 2.24) is 5.32 Å². The smallest absolute Gasteiger partial charge is 0.326 e. The number of amides is 1. The molecule has 0 radical (unpaired) electrons. The number of hydrogen-bond acceptors (Lipinski definition) is 2. The van der Waals surface area contributed by atoms with Crippen molar-refractivity contribution < 1.29 is 19.1 Å². The van der Waals surface area contributed by atoms with Crippen LogP contribution in [0.1, 0.15) is 34.1 Å². The normalized spacial score (nSPS) is 13.8. The summed E-state index contributed by atoms with van der Waals surface area (Å²) in [7, 11) is 0. The summed E-state index contributed by atoms with van der Waals surface area (Å²) < 4.78 is 13.2. The van der Waals surface area contributed by atoms with E-state index in [2.05, 4.69) is 5.32 Å². The molecule has 0 fully saturated rings. The molecule has 0 rings (SSSR count). The predicted octanol–water partition coefficient (Wildman–Crippen LogP) is 1.87. The van der Waals surface area contributed by atoms with Crippen molar-refractivity contribution in [3.63, 3.8) is 0 Å². The van der Waals surface area contributed by atoms with E-state index in [9.17, 15) is 14.0 Å². The SMILES string of the molecule is CC[C@H](C)[C@H](NC(=O)C(F)=C(C)C)C(=O)O. The second-order valence-electron chi connectivity index (χ2n) is 3.99. The Morgan fingerprint density at radius 3 is 2.19 bits per heavy atom. The zero-order valence-corrected chi connectivity index (χ0v) is 10.0. The molecule has 0 bridgehead atoms. The minimum absolute atomic E-state index is 0.228. The van der Waals surface area contributed by atoms with Crippen LogP contribution in [0.4, 0.5) is 4.39 Å². The molecule has 4 nitrogen and oxygen atoms in total. The van der Waals surface area contributed by atoms with Gasteiger partial charge in [0.25, 0.3) is 5.91 Å². The molecule has 0 aliphatic heterocycles. The predicted molar refractivity (Wildman–Crippen MR) is 58.5 cm³/mol. The van der Waals surface area contributed by atoms with E-state index in [1.165, 1.54) is 13.8 Å². The summed E-state index contributed by atoms with van der Waals surface area (Å²) in [6.07, 6.45) is 0.591. The molecule has 0 aromatic heterocycles. The van der Waals surface area contributed by atoms with Crippen LogP contribution in [-0.4, -0.2) is 23.0 Å². The Bertz CT molecular complexity index is 308. The first kappa shape index (κ1) is 14.6. The van der Waals surface area contributed by atoms with Gasteiger partial charge in [0.1, 0.15) is 6.04 Å². The first-order valence-electron chi connectivity index (χ1n) is 5.17. The zero-order valence-electron chi connectivity index (χ0n) is 10.0. The zero-order chi connectivity index (χ0) is 12.9. The van der Waals surface area contributed by atoms with Crippen molar-refractivity contribution in [2.24, 2.45) is 5.92 Å². The summed E-state index contributed by atoms with van der Waals surface area (Å²) in [6.45, 7) is 6.41. The monoisotopic (exact) mass is 231 g/mol. The summed E-state index contributed by atoms with van der Waals surface area (Å²) in [5, 5.41) is 11.1. The largest absolute Gasteiger partial charge is 0.480 e. The Kier molecular flexibility index (Phi) is 5.71. The number of carboxylic acid groups (broad SMARTS) is 1. The Morgan fingerprint density at radius 2 is 1.88 bits per heavy atom. The van der Waals surface area contributed by atoms with Gasteiger partial charge in [-0.15, -0.1) is 0 Å². The van der Waals surface area contributed by atoms with Gasteiger partial charge in [0.05, 0.1) is 0 Å². The highest BCUT2D eigenvalue weighted by Crippen LogP contribution is 2.10. The van der Waals surface area contributed by atoms with Crippen LogP contribution >= 0.6 is 0 Å². The van der Waals surface area contributed by atoms with Gasteiger partial charge in [-0.1, -0.05) is 20.3 Å². The maximum absolute atomic E-state index is 13.2. The van der Waals surface area contributed by atoms with Crippen LogP contribution in [-0.2, 0) is 9.59 Å². The molecular weight excluding hydrogens is 213 g/mol. The molecule has 0 aromatic rings. The van der Waals surface area contributed by atoms with E-state index in [1.54, 1.807) is 6.92 Å². The van der Waals surface area contributed by atoms with Crippen LogP contribution in [0.5, 0.6) is 0 Å². The molecule has 0 spiro atoms. The van der Waals surface area contributed by atoms with Gasteiger partial charge in [-0.3, -0.25) is 4.79 Å². The first-order valence-corrected chi connectivity index (χ1v) is 5.17. The lowest BCUT2D eigenvalue weighted by Crippen LogP contribution is -2.45. The average molecular weight is 231 g/mol. The Balaban J connectivity index is 4.73. The summed E-state index contributed by atoms with van der Waals surface area (Å²) in [5.74, 6) is -3.28. The number of allylic oxidation sites excluding steroid dienone is 1. The lowest BCUT2D eigenvalue weighted by Gasteiger charge is -2.19. The maximum Gasteiger partial charge on any atom is 0.326 e. The fourth-order valence-electron chi connectivity index (χ4n) is 1.11.